The van der Waals surface area contributed by atoms with Crippen LogP contribution in [0, 0.1) is 5.92 Å². The van der Waals surface area contributed by atoms with Crippen molar-refractivity contribution in [1.29, 1.82) is 0 Å². The van der Waals surface area contributed by atoms with Gasteiger partial charge < -0.3 is 20.7 Å². The van der Waals surface area contributed by atoms with E-state index in [1.165, 1.54) is 5.56 Å². The summed E-state index contributed by atoms with van der Waals surface area (Å²) in [7, 11) is 1.55. The predicted octanol–water partition coefficient (Wildman–Crippen LogP) is 3.38. The van der Waals surface area contributed by atoms with Crippen molar-refractivity contribution in [1.82, 2.24) is 10.6 Å². The molecule has 3 rings (SSSR count). The molecule has 0 unspecified atom stereocenters. The number of amides is 3. The maximum absolute atomic E-state index is 13.0. The molecule has 0 radical (unpaired) electrons. The van der Waals surface area contributed by atoms with Crippen LogP contribution in [0.15, 0.2) is 60.8 Å². The number of carbonyl (C=O) groups is 2. The molecule has 0 aromatic heterocycles. The fourth-order valence-electron chi connectivity index (χ4n) is 3.19. The minimum absolute atomic E-state index is 0.276. The molecule has 1 heterocycles. The third kappa shape index (κ3) is 3.95. The summed E-state index contributed by atoms with van der Waals surface area (Å²) in [5.74, 6) is -0.380. The number of benzene rings is 2. The van der Waals surface area contributed by atoms with Gasteiger partial charge in [-0.2, -0.15) is 0 Å². The second-order valence-electron chi connectivity index (χ2n) is 6.36. The van der Waals surface area contributed by atoms with Gasteiger partial charge in [0.2, 0.25) is 5.91 Å². The fourth-order valence-corrected chi connectivity index (χ4v) is 3.19. The standard InChI is InChI=1S/C21H23N3O3/c1-4-14-9-11-15(12-10-14)19-18(13(2)22-21(26)24-19)20(25)23-16-7-5-6-8-17(16)27-3/h5-12,18-19H,2,4H2,1,3H3,(H,23,25)(H2,22,24,26)/t18-,19-/m1/s1. The molecule has 0 bridgehead atoms. The number of para-hydroxylation sites is 2. The molecule has 3 N–H and O–H groups in total. The van der Waals surface area contributed by atoms with Crippen molar-refractivity contribution in [2.45, 2.75) is 19.4 Å². The highest BCUT2D eigenvalue weighted by Gasteiger charge is 2.38. The number of hydrogen-bond acceptors (Lipinski definition) is 3. The average Bonchev–Trinajstić information content (AvgIpc) is 2.67. The van der Waals surface area contributed by atoms with Gasteiger partial charge in [-0.25, -0.2) is 4.79 Å². The summed E-state index contributed by atoms with van der Waals surface area (Å²) in [6, 6.07) is 14.2. The molecule has 27 heavy (non-hydrogen) atoms. The summed E-state index contributed by atoms with van der Waals surface area (Å²) < 4.78 is 5.29. The SMILES string of the molecule is C=C1NC(=O)N[C@H](c2ccc(CC)cc2)[C@@H]1C(=O)Nc1ccccc1OC. The third-order valence-corrected chi connectivity index (χ3v) is 4.66. The first-order valence-corrected chi connectivity index (χ1v) is 8.82. The Morgan fingerprint density at radius 1 is 1.19 bits per heavy atom. The zero-order valence-electron chi connectivity index (χ0n) is 15.4. The minimum Gasteiger partial charge on any atom is -0.495 e. The summed E-state index contributed by atoms with van der Waals surface area (Å²) >= 11 is 0. The second kappa shape index (κ2) is 7.95. The number of aryl methyl sites for hydroxylation is 1. The Labute approximate surface area is 158 Å². The molecular weight excluding hydrogens is 342 g/mol. The molecule has 0 saturated carbocycles. The molecule has 1 aliphatic rings. The van der Waals surface area contributed by atoms with Crippen LogP contribution in [0.4, 0.5) is 10.5 Å². The van der Waals surface area contributed by atoms with Gasteiger partial charge in [0, 0.05) is 5.70 Å². The van der Waals surface area contributed by atoms with Crippen molar-refractivity contribution in [2.75, 3.05) is 12.4 Å². The Kier molecular flexibility index (Phi) is 5.45. The largest absolute Gasteiger partial charge is 0.495 e. The number of anilines is 1. The highest BCUT2D eigenvalue weighted by Crippen LogP contribution is 2.32. The van der Waals surface area contributed by atoms with E-state index in [0.29, 0.717) is 17.1 Å². The highest BCUT2D eigenvalue weighted by molar-refractivity contribution is 5.98. The maximum Gasteiger partial charge on any atom is 0.319 e. The monoisotopic (exact) mass is 365 g/mol. The number of methoxy groups -OCH3 is 1. The van der Waals surface area contributed by atoms with Crippen molar-refractivity contribution in [3.05, 3.63) is 71.9 Å². The zero-order valence-corrected chi connectivity index (χ0v) is 15.4. The Hall–Kier alpha value is -3.28. The van der Waals surface area contributed by atoms with Gasteiger partial charge in [0.05, 0.1) is 18.8 Å². The van der Waals surface area contributed by atoms with Crippen LogP contribution < -0.4 is 20.7 Å². The van der Waals surface area contributed by atoms with Crippen molar-refractivity contribution < 1.29 is 14.3 Å². The summed E-state index contributed by atoms with van der Waals surface area (Å²) in [5.41, 5.74) is 2.96. The number of urea groups is 1. The molecule has 1 aliphatic heterocycles. The quantitative estimate of drug-likeness (QED) is 0.760. The number of hydrogen-bond donors (Lipinski definition) is 3. The second-order valence-corrected chi connectivity index (χ2v) is 6.36. The highest BCUT2D eigenvalue weighted by atomic mass is 16.5. The first kappa shape index (κ1) is 18.5. The van der Waals surface area contributed by atoms with Crippen LogP contribution >= 0.6 is 0 Å². The fraction of sp³-hybridized carbons (Fsp3) is 0.238. The van der Waals surface area contributed by atoms with E-state index in [0.717, 1.165) is 12.0 Å². The van der Waals surface area contributed by atoms with Crippen LogP contribution in [0.3, 0.4) is 0 Å². The molecule has 3 amide bonds. The van der Waals surface area contributed by atoms with Gasteiger partial charge in [-0.1, -0.05) is 49.9 Å². The van der Waals surface area contributed by atoms with Crippen LogP contribution in [0.25, 0.3) is 0 Å². The Morgan fingerprint density at radius 2 is 1.89 bits per heavy atom. The maximum atomic E-state index is 13.0. The van der Waals surface area contributed by atoms with Crippen molar-refractivity contribution in [3.8, 4) is 5.75 Å². The smallest absolute Gasteiger partial charge is 0.319 e. The lowest BCUT2D eigenvalue weighted by atomic mass is 9.87. The van der Waals surface area contributed by atoms with E-state index in [1.807, 2.05) is 36.4 Å². The van der Waals surface area contributed by atoms with Gasteiger partial charge in [-0.3, -0.25) is 4.79 Å². The number of ether oxygens (including phenoxy) is 1. The molecule has 6 nitrogen and oxygen atoms in total. The van der Waals surface area contributed by atoms with E-state index in [4.69, 9.17) is 4.74 Å². The average molecular weight is 365 g/mol. The van der Waals surface area contributed by atoms with E-state index < -0.39 is 12.0 Å². The van der Waals surface area contributed by atoms with Crippen LogP contribution in [-0.4, -0.2) is 19.0 Å². The number of rotatable bonds is 5. The van der Waals surface area contributed by atoms with Crippen LogP contribution in [0.2, 0.25) is 0 Å². The molecular formula is C21H23N3O3. The van der Waals surface area contributed by atoms with E-state index in [9.17, 15) is 9.59 Å². The first-order valence-electron chi connectivity index (χ1n) is 8.82. The molecule has 6 heteroatoms. The molecule has 1 fully saturated rings. The summed E-state index contributed by atoms with van der Waals surface area (Å²) in [6.45, 7) is 5.97. The van der Waals surface area contributed by atoms with Crippen LogP contribution in [-0.2, 0) is 11.2 Å². The molecule has 2 aromatic rings. The molecule has 140 valence electrons. The van der Waals surface area contributed by atoms with Gasteiger partial charge in [0.25, 0.3) is 0 Å². The van der Waals surface area contributed by atoms with Gasteiger partial charge in [0.15, 0.2) is 0 Å². The summed E-state index contributed by atoms with van der Waals surface area (Å²) in [5, 5.41) is 8.34. The van der Waals surface area contributed by atoms with Crippen LogP contribution in [0.5, 0.6) is 5.75 Å². The van der Waals surface area contributed by atoms with Crippen molar-refractivity contribution in [2.24, 2.45) is 5.92 Å². The summed E-state index contributed by atoms with van der Waals surface area (Å²) in [4.78, 5) is 25.0. The molecule has 2 atom stereocenters. The lowest BCUT2D eigenvalue weighted by molar-refractivity contribution is -0.119. The van der Waals surface area contributed by atoms with Gasteiger partial charge in [-0.15, -0.1) is 0 Å². The molecule has 2 aromatic carbocycles. The first-order chi connectivity index (χ1) is 13.0. The molecule has 1 saturated heterocycles. The van der Waals surface area contributed by atoms with E-state index in [2.05, 4.69) is 29.5 Å². The van der Waals surface area contributed by atoms with Gasteiger partial charge in [0.1, 0.15) is 11.7 Å². The molecule has 0 spiro atoms. The predicted molar refractivity (Wildman–Crippen MR) is 104 cm³/mol. The van der Waals surface area contributed by atoms with Gasteiger partial charge in [-0.05, 0) is 29.7 Å². The molecule has 0 aliphatic carbocycles. The topological polar surface area (TPSA) is 79.5 Å². The van der Waals surface area contributed by atoms with E-state index >= 15 is 0 Å². The zero-order chi connectivity index (χ0) is 19.4. The van der Waals surface area contributed by atoms with Crippen molar-refractivity contribution >= 4 is 17.6 Å². The summed E-state index contributed by atoms with van der Waals surface area (Å²) in [6.07, 6.45) is 0.920. The minimum atomic E-state index is -0.667. The van der Waals surface area contributed by atoms with Crippen molar-refractivity contribution in [3.63, 3.8) is 0 Å². The number of carbonyl (C=O) groups excluding carboxylic acids is 2. The van der Waals surface area contributed by atoms with E-state index in [-0.39, 0.29) is 11.9 Å². The Balaban J connectivity index is 1.89. The lowest BCUT2D eigenvalue weighted by Crippen LogP contribution is -2.51. The lowest BCUT2D eigenvalue weighted by Gasteiger charge is -2.34. The Morgan fingerprint density at radius 3 is 2.56 bits per heavy atom. The van der Waals surface area contributed by atoms with Crippen LogP contribution in [0.1, 0.15) is 24.1 Å². The van der Waals surface area contributed by atoms with Gasteiger partial charge >= 0.3 is 6.03 Å². The normalized spacial score (nSPS) is 19.0. The van der Waals surface area contributed by atoms with E-state index in [1.54, 1.807) is 19.2 Å². The number of nitrogens with one attached hydrogen (secondary N) is 3. The Bertz CT molecular complexity index is 861. The third-order valence-electron chi connectivity index (χ3n) is 4.66.